The van der Waals surface area contributed by atoms with Crippen LogP contribution in [0.5, 0.6) is 5.75 Å². The van der Waals surface area contributed by atoms with Gasteiger partial charge in [-0.05, 0) is 39.3 Å². The van der Waals surface area contributed by atoms with Crippen molar-refractivity contribution >= 4 is 33.2 Å². The number of carbonyl (C=O) groups excluding carboxylic acids is 1. The molecule has 1 aromatic carbocycles. The molecule has 3 N–H and O–H groups in total. The van der Waals surface area contributed by atoms with Crippen LogP contribution >= 0.6 is 11.6 Å². The Labute approximate surface area is 146 Å². The van der Waals surface area contributed by atoms with E-state index in [1.807, 2.05) is 0 Å². The Balaban J connectivity index is 2.25. The first-order valence-corrected chi connectivity index (χ1v) is 9.34. The molecule has 0 saturated carbocycles. The molecule has 0 aromatic heterocycles. The minimum atomic E-state index is -3.94. The van der Waals surface area contributed by atoms with E-state index in [9.17, 15) is 18.3 Å². The van der Waals surface area contributed by atoms with Gasteiger partial charge in [0.15, 0.2) is 15.6 Å². The summed E-state index contributed by atoms with van der Waals surface area (Å²) in [6, 6.07) is 2.66. The molecule has 1 aliphatic heterocycles. The van der Waals surface area contributed by atoms with E-state index in [4.69, 9.17) is 22.1 Å². The number of nitrogens with zero attached hydrogens (tertiary/aromatic N) is 1. The number of nitrogens with two attached hydrogens (primary N) is 1. The number of phenolic OH excluding ortho intramolecular Hbond substituents is 1. The van der Waals surface area contributed by atoms with E-state index in [-0.39, 0.29) is 35.1 Å². The van der Waals surface area contributed by atoms with Gasteiger partial charge >= 0.3 is 6.09 Å². The molecule has 1 amide bonds. The van der Waals surface area contributed by atoms with Crippen LogP contribution in [0.25, 0.3) is 0 Å². The quantitative estimate of drug-likeness (QED) is 0.605. The zero-order valence-corrected chi connectivity index (χ0v) is 15.3. The normalized spacial score (nSPS) is 18.7. The molecule has 0 aliphatic carbocycles. The van der Waals surface area contributed by atoms with Gasteiger partial charge in [0.05, 0.1) is 16.0 Å². The van der Waals surface area contributed by atoms with Crippen molar-refractivity contribution in [2.45, 2.75) is 42.9 Å². The molecule has 2 rings (SSSR count). The van der Waals surface area contributed by atoms with Gasteiger partial charge in [0, 0.05) is 13.1 Å². The SMILES string of the molecule is CC(C)(C)OC(=O)N1CCC(S(=O)(=O)c2c(Cl)ccc(N)c2O)C1. The lowest BCUT2D eigenvalue weighted by Crippen LogP contribution is -2.36. The fourth-order valence-electron chi connectivity index (χ4n) is 2.47. The summed E-state index contributed by atoms with van der Waals surface area (Å²) in [6.07, 6.45) is -0.338. The van der Waals surface area contributed by atoms with E-state index in [1.54, 1.807) is 20.8 Å². The van der Waals surface area contributed by atoms with E-state index in [0.717, 1.165) is 0 Å². The third kappa shape index (κ3) is 3.70. The molecule has 1 aliphatic rings. The molecule has 9 heteroatoms. The van der Waals surface area contributed by atoms with Crippen LogP contribution in [0.2, 0.25) is 5.02 Å². The Morgan fingerprint density at radius 2 is 2.04 bits per heavy atom. The van der Waals surface area contributed by atoms with Crippen LogP contribution in [0.4, 0.5) is 10.5 Å². The molecule has 1 fully saturated rings. The van der Waals surface area contributed by atoms with E-state index in [2.05, 4.69) is 0 Å². The zero-order valence-electron chi connectivity index (χ0n) is 13.7. The van der Waals surface area contributed by atoms with Crippen LogP contribution < -0.4 is 5.73 Å². The summed E-state index contributed by atoms with van der Waals surface area (Å²) in [6.45, 7) is 5.43. The molecule has 1 saturated heterocycles. The number of likely N-dealkylation sites (tertiary alicyclic amines) is 1. The first kappa shape index (κ1) is 18.7. The van der Waals surface area contributed by atoms with Crippen molar-refractivity contribution in [3.8, 4) is 5.75 Å². The van der Waals surface area contributed by atoms with Crippen molar-refractivity contribution in [2.75, 3.05) is 18.8 Å². The summed E-state index contributed by atoms with van der Waals surface area (Å²) in [5.74, 6) is -0.557. The number of amides is 1. The maximum absolute atomic E-state index is 12.8. The van der Waals surface area contributed by atoms with Gasteiger partial charge < -0.3 is 20.5 Å². The van der Waals surface area contributed by atoms with Crippen molar-refractivity contribution in [1.29, 1.82) is 0 Å². The van der Waals surface area contributed by atoms with E-state index < -0.39 is 32.5 Å². The molecule has 0 radical (unpaired) electrons. The summed E-state index contributed by atoms with van der Waals surface area (Å²) >= 11 is 5.95. The average molecular weight is 377 g/mol. The number of hydrogen-bond acceptors (Lipinski definition) is 6. The standard InChI is InChI=1S/C15H21ClN2O5S/c1-15(2,3)23-14(20)18-7-6-9(8-18)24(21,22)13-10(16)4-5-11(17)12(13)19/h4-5,9,19H,6-8,17H2,1-3H3. The van der Waals surface area contributed by atoms with Gasteiger partial charge in [-0.25, -0.2) is 13.2 Å². The number of halogens is 1. The number of ether oxygens (including phenoxy) is 1. The van der Waals surface area contributed by atoms with Crippen molar-refractivity contribution in [1.82, 2.24) is 4.90 Å². The molecule has 7 nitrogen and oxygen atoms in total. The summed E-state index contributed by atoms with van der Waals surface area (Å²) < 4.78 is 30.9. The lowest BCUT2D eigenvalue weighted by molar-refractivity contribution is 0.0295. The average Bonchev–Trinajstić information content (AvgIpc) is 2.92. The first-order valence-electron chi connectivity index (χ1n) is 7.42. The number of sulfone groups is 1. The number of nitrogen functional groups attached to an aromatic ring is 1. The fourth-order valence-corrected chi connectivity index (χ4v) is 4.80. The van der Waals surface area contributed by atoms with Gasteiger partial charge in [0.1, 0.15) is 10.5 Å². The van der Waals surface area contributed by atoms with Gasteiger partial charge in [-0.15, -0.1) is 0 Å². The highest BCUT2D eigenvalue weighted by Gasteiger charge is 2.40. The highest BCUT2D eigenvalue weighted by molar-refractivity contribution is 7.92. The van der Waals surface area contributed by atoms with E-state index in [0.29, 0.717) is 0 Å². The van der Waals surface area contributed by atoms with Gasteiger partial charge in [0.2, 0.25) is 0 Å². The maximum Gasteiger partial charge on any atom is 0.410 e. The maximum atomic E-state index is 12.8. The number of aromatic hydroxyl groups is 1. The third-order valence-corrected chi connectivity index (χ3v) is 6.31. The highest BCUT2D eigenvalue weighted by atomic mass is 35.5. The summed E-state index contributed by atoms with van der Waals surface area (Å²) in [5, 5.41) is 9.03. The second-order valence-corrected chi connectivity index (χ2v) is 9.27. The predicted molar refractivity (Wildman–Crippen MR) is 90.9 cm³/mol. The van der Waals surface area contributed by atoms with Gasteiger partial charge in [0.25, 0.3) is 0 Å². The Kier molecular flexibility index (Phi) is 4.92. The Morgan fingerprint density at radius 1 is 1.42 bits per heavy atom. The van der Waals surface area contributed by atoms with Crippen LogP contribution in [0, 0.1) is 0 Å². The Bertz CT molecular complexity index is 758. The monoisotopic (exact) mass is 376 g/mol. The first-order chi connectivity index (χ1) is 10.9. The lowest BCUT2D eigenvalue weighted by atomic mass is 10.2. The predicted octanol–water partition coefficient (Wildman–Crippen LogP) is 2.41. The summed E-state index contributed by atoms with van der Waals surface area (Å²) in [5.41, 5.74) is 4.84. The van der Waals surface area contributed by atoms with E-state index >= 15 is 0 Å². The molecule has 24 heavy (non-hydrogen) atoms. The number of rotatable bonds is 2. The molecule has 0 spiro atoms. The number of carbonyl (C=O) groups is 1. The summed E-state index contributed by atoms with van der Waals surface area (Å²) in [7, 11) is -3.94. The molecular weight excluding hydrogens is 356 g/mol. The molecule has 1 aromatic rings. The second-order valence-electron chi connectivity index (χ2n) is 6.70. The lowest BCUT2D eigenvalue weighted by Gasteiger charge is -2.24. The molecule has 134 valence electrons. The molecule has 1 heterocycles. The minimum Gasteiger partial charge on any atom is -0.504 e. The van der Waals surface area contributed by atoms with Gasteiger partial charge in [-0.1, -0.05) is 11.6 Å². The van der Waals surface area contributed by atoms with Crippen LogP contribution in [-0.4, -0.2) is 48.5 Å². The molecule has 0 bridgehead atoms. The van der Waals surface area contributed by atoms with Crippen molar-refractivity contribution < 1.29 is 23.1 Å². The van der Waals surface area contributed by atoms with Gasteiger partial charge in [-0.3, -0.25) is 0 Å². The van der Waals surface area contributed by atoms with Crippen molar-refractivity contribution in [3.05, 3.63) is 17.2 Å². The second kappa shape index (κ2) is 6.33. The smallest absolute Gasteiger partial charge is 0.410 e. The zero-order chi connectivity index (χ0) is 18.3. The van der Waals surface area contributed by atoms with E-state index in [1.165, 1.54) is 17.0 Å². The number of hydrogen-bond donors (Lipinski definition) is 2. The molecular formula is C15H21ClN2O5S. The van der Waals surface area contributed by atoms with Crippen molar-refractivity contribution in [2.24, 2.45) is 0 Å². The van der Waals surface area contributed by atoms with Gasteiger partial charge in [-0.2, -0.15) is 0 Å². The molecule has 1 atom stereocenters. The molecule has 1 unspecified atom stereocenters. The van der Waals surface area contributed by atoms with Crippen LogP contribution in [-0.2, 0) is 14.6 Å². The number of phenols is 1. The van der Waals surface area contributed by atoms with Crippen molar-refractivity contribution in [3.63, 3.8) is 0 Å². The largest absolute Gasteiger partial charge is 0.504 e. The van der Waals surface area contributed by atoms with Crippen LogP contribution in [0.1, 0.15) is 27.2 Å². The third-order valence-electron chi connectivity index (χ3n) is 3.63. The minimum absolute atomic E-state index is 0.0260. The highest BCUT2D eigenvalue weighted by Crippen LogP contribution is 2.38. The Hall–Kier alpha value is -1.67. The number of benzene rings is 1. The van der Waals surface area contributed by atoms with Crippen LogP contribution in [0.3, 0.4) is 0 Å². The number of anilines is 1. The van der Waals surface area contributed by atoms with Crippen LogP contribution in [0.15, 0.2) is 17.0 Å². The Morgan fingerprint density at radius 3 is 2.62 bits per heavy atom. The summed E-state index contributed by atoms with van der Waals surface area (Å²) in [4.78, 5) is 13.0. The fraction of sp³-hybridized carbons (Fsp3) is 0.533. The topological polar surface area (TPSA) is 110 Å².